The molecule has 838 valence electrons. The van der Waals surface area contributed by atoms with Crippen LogP contribution in [0.15, 0.2) is 196 Å². The van der Waals surface area contributed by atoms with Gasteiger partial charge in [0.1, 0.15) is 125 Å². The number of rotatable bonds is 68. The van der Waals surface area contributed by atoms with E-state index in [4.69, 9.17) is 90.0 Å². The second-order valence-corrected chi connectivity index (χ2v) is 31.1. The van der Waals surface area contributed by atoms with E-state index in [9.17, 15) is 111 Å². The summed E-state index contributed by atoms with van der Waals surface area (Å²) in [5, 5.41) is 14.2. The fourth-order valence-electron chi connectivity index (χ4n) is 7.66. The highest BCUT2D eigenvalue weighted by Crippen LogP contribution is 2.24. The molecule has 0 aliphatic rings. The average Bonchev–Trinajstić information content (AvgIpc) is 0.869. The summed E-state index contributed by atoms with van der Waals surface area (Å²) in [6.45, 7) is 73.3. The lowest BCUT2D eigenvalue weighted by molar-refractivity contribution is -0.158. The van der Waals surface area contributed by atoms with Crippen LogP contribution in [0.1, 0.15) is 148 Å². The summed E-state index contributed by atoms with van der Waals surface area (Å²) in [6.07, 6.45) is 3.32. The summed E-state index contributed by atoms with van der Waals surface area (Å²) >= 11 is 0. The van der Waals surface area contributed by atoms with Crippen molar-refractivity contribution in [2.24, 2.45) is 5.41 Å². The van der Waals surface area contributed by atoms with Crippen LogP contribution in [-0.2, 0) is 205 Å². The number of alkyl carbamates (subject to hydrolysis) is 1. The maximum Gasteiger partial charge on any atom is 0.407 e. The third-order valence-electron chi connectivity index (χ3n) is 15.5. The standard InChI is InChI=1S/C18H25NO8.C18H24O8.C16H24O7.C14H20O6.C13H19NO5.C13H18O6.C11H16O5/c1-11(2)15(20)24-8-7-19-18(23)27-14(9-25-16(21)12(3)4)10-26-17(22)13(5)6;1-6-14(19)25-11-18(5,12-26-15(20)7-2)10-16(21)23-8-9-24-17(22)13(3)4;1-12(2)15(18)22-9-8-20-7-5-6-14(17)21-10-11-23-16(19)13(3)4;1-10(2)13(16)19-7-5-6-12(15)18-8-9-20-14(17)11(3)4;1-4-11(15)14-7-5-6-12(16)18-8-9-19-13(17)10(2)3;1-4-11(14)17-7-5-6-12(15)18-8-9-19-13(16)10(2)3;1-7(2)10(13)15-5-9(12)6-16-11(14)8(3)4/h14H,1,3,5,7-10H2,2,4,6H3,(H,19,23);6-7H,1-3,8-12H2,4-5H3;1,3,5-11H2,2,4H3;1,3,5-9H2,2,4H3;4H,1-2,5-9H2,3H3,(H,14,15);4H,1-2,5-9H2,3H3;9,12H,1,3,5-6H2,2,4H3. The van der Waals surface area contributed by atoms with E-state index in [0.29, 0.717) is 61.1 Å². The van der Waals surface area contributed by atoms with Crippen LogP contribution in [-0.4, -0.2) is 307 Å². The van der Waals surface area contributed by atoms with Gasteiger partial charge in [0, 0.05) is 129 Å². The number of aliphatic hydroxyl groups is 1. The lowest BCUT2D eigenvalue weighted by Gasteiger charge is -2.27. The number of hydrogen-bond donors (Lipinski definition) is 3. The van der Waals surface area contributed by atoms with E-state index >= 15 is 0 Å². The molecule has 0 aliphatic heterocycles. The Bertz CT molecular complexity index is 4460. The number of esters is 20. The first-order valence-corrected chi connectivity index (χ1v) is 45.3. The van der Waals surface area contributed by atoms with Crippen molar-refractivity contribution in [3.8, 4) is 0 Å². The fourth-order valence-corrected chi connectivity index (χ4v) is 7.66. The predicted octanol–water partition coefficient (Wildman–Crippen LogP) is 8.53. The summed E-state index contributed by atoms with van der Waals surface area (Å²) in [4.78, 5) is 246. The Balaban J connectivity index is -0.000000320. The van der Waals surface area contributed by atoms with Gasteiger partial charge in [-0.1, -0.05) is 112 Å². The Kier molecular flexibility index (Phi) is 89.7. The van der Waals surface area contributed by atoms with Crippen molar-refractivity contribution in [3.05, 3.63) is 196 Å². The monoisotopic (exact) mass is 2130 g/mol. The first-order chi connectivity index (χ1) is 70.1. The van der Waals surface area contributed by atoms with Crippen LogP contribution >= 0.6 is 0 Å². The van der Waals surface area contributed by atoms with E-state index in [-0.39, 0.29) is 228 Å². The van der Waals surface area contributed by atoms with E-state index in [1.165, 1.54) is 69.2 Å². The molecule has 0 aliphatic carbocycles. The van der Waals surface area contributed by atoms with Gasteiger partial charge < -0.3 is 120 Å². The molecule has 0 aromatic carbocycles. The highest BCUT2D eigenvalue weighted by molar-refractivity contribution is 5.92. The summed E-state index contributed by atoms with van der Waals surface area (Å²) in [5.74, 6) is -11.2. The third-order valence-corrected chi connectivity index (χ3v) is 15.5. The molecule has 0 bridgehead atoms. The van der Waals surface area contributed by atoms with Crippen LogP contribution in [0.4, 0.5) is 4.79 Å². The molecule has 0 saturated heterocycles. The van der Waals surface area contributed by atoms with Gasteiger partial charge in [-0.3, -0.25) is 28.8 Å². The minimum absolute atomic E-state index is 0.00200. The smallest absolute Gasteiger partial charge is 0.407 e. The van der Waals surface area contributed by atoms with Crippen molar-refractivity contribution in [2.75, 3.05) is 158 Å². The van der Waals surface area contributed by atoms with Gasteiger partial charge in [0.05, 0.1) is 32.8 Å². The van der Waals surface area contributed by atoms with E-state index in [0.717, 1.165) is 24.3 Å². The third kappa shape index (κ3) is 95.4. The Hall–Kier alpha value is -16.1. The first kappa shape index (κ1) is 147. The van der Waals surface area contributed by atoms with Gasteiger partial charge in [0.15, 0.2) is 6.10 Å². The van der Waals surface area contributed by atoms with Gasteiger partial charge in [-0.2, -0.15) is 0 Å². The summed E-state index contributed by atoms with van der Waals surface area (Å²) < 4.78 is 106. The molecular weight excluding hydrogens is 1990 g/mol. The molecule has 47 nitrogen and oxygen atoms in total. The number of hydrogen-bond acceptors (Lipinski definition) is 45. The molecule has 47 heteroatoms. The van der Waals surface area contributed by atoms with Gasteiger partial charge >= 0.3 is 125 Å². The summed E-state index contributed by atoms with van der Waals surface area (Å²) in [5.41, 5.74) is 2.08. The molecule has 150 heavy (non-hydrogen) atoms. The summed E-state index contributed by atoms with van der Waals surface area (Å²) in [6, 6.07) is 0. The molecule has 0 unspecified atom stereocenters. The minimum atomic E-state index is -1.05. The predicted molar refractivity (Wildman–Crippen MR) is 536 cm³/mol. The van der Waals surface area contributed by atoms with Crippen LogP contribution in [0.2, 0.25) is 0 Å². The van der Waals surface area contributed by atoms with Crippen LogP contribution < -0.4 is 10.6 Å². The molecule has 2 amide bonds. The molecule has 0 atom stereocenters. The fraction of sp³-hybridized carbons (Fsp3) is 0.476. The molecule has 0 fully saturated rings. The number of ether oxygens (including phenoxy) is 22. The van der Waals surface area contributed by atoms with Crippen LogP contribution in [0, 0.1) is 5.41 Å². The maximum absolute atomic E-state index is 12.0. The normalized spacial score (nSPS) is 9.71. The highest BCUT2D eigenvalue weighted by atomic mass is 16.6. The highest BCUT2D eigenvalue weighted by Gasteiger charge is 2.33. The van der Waals surface area contributed by atoms with Crippen molar-refractivity contribution in [3.63, 3.8) is 0 Å². The zero-order valence-electron chi connectivity index (χ0n) is 88.0. The topological polar surface area (TPSA) is 623 Å². The molecule has 3 N–H and O–H groups in total. The van der Waals surface area contributed by atoms with E-state index in [1.54, 1.807) is 20.8 Å². The molecule has 0 radical (unpaired) electrons. The number of carbonyl (C=O) groups excluding carboxylic acids is 22. The lowest BCUT2D eigenvalue weighted by atomic mass is 9.89. The second-order valence-electron chi connectivity index (χ2n) is 31.1. The van der Waals surface area contributed by atoms with E-state index in [2.05, 4.69) is 130 Å². The molecule has 0 heterocycles. The van der Waals surface area contributed by atoms with Gasteiger partial charge in [-0.25, -0.2) is 76.7 Å². The number of carbonyl (C=O) groups is 22. The van der Waals surface area contributed by atoms with Crippen molar-refractivity contribution < 1.29 is 215 Å². The largest absolute Gasteiger partial charge is 0.463 e. The van der Waals surface area contributed by atoms with Crippen LogP contribution in [0.25, 0.3) is 0 Å². The zero-order chi connectivity index (χ0) is 116. The molecule has 0 aromatic heterocycles. The number of aliphatic hydroxyl groups excluding tert-OH is 1. The van der Waals surface area contributed by atoms with Crippen LogP contribution in [0.5, 0.6) is 0 Å². The Morgan fingerprint density at radius 1 is 0.253 bits per heavy atom. The van der Waals surface area contributed by atoms with Crippen molar-refractivity contribution in [2.45, 2.75) is 160 Å². The Morgan fingerprint density at radius 3 is 0.773 bits per heavy atom. The summed E-state index contributed by atoms with van der Waals surface area (Å²) in [7, 11) is 0. The van der Waals surface area contributed by atoms with Gasteiger partial charge in [-0.05, 0) is 115 Å². The van der Waals surface area contributed by atoms with Crippen molar-refractivity contribution in [1.82, 2.24) is 10.6 Å². The average molecular weight is 2130 g/mol. The van der Waals surface area contributed by atoms with Crippen molar-refractivity contribution >= 4 is 131 Å². The Morgan fingerprint density at radius 2 is 0.487 bits per heavy atom. The lowest BCUT2D eigenvalue weighted by Crippen LogP contribution is -2.36. The molecule has 0 rings (SSSR count). The number of amides is 2. The molecule has 0 saturated carbocycles. The Labute approximate surface area is 873 Å². The zero-order valence-corrected chi connectivity index (χ0v) is 88.0. The first-order valence-electron chi connectivity index (χ1n) is 45.3. The minimum Gasteiger partial charge on any atom is -0.463 e. The van der Waals surface area contributed by atoms with Crippen LogP contribution in [0.3, 0.4) is 0 Å². The second kappa shape index (κ2) is 91.6. The molecular formula is C103H146N2O45. The van der Waals surface area contributed by atoms with E-state index in [1.807, 2.05) is 0 Å². The SMILES string of the molecule is C=C(C)C(=O)OCC(O)COC(=O)C(=C)C.C=C(C)C(=O)OCCCC(=O)OCCOC(=O)C(=C)C.C=C(C)C(=O)OCCNC(=O)OC(COC(=O)C(=C)C)COC(=O)C(=C)C.C=C(C)C(=O)OCCOCCCC(=O)OCCOC(=O)C(=C)C.C=CC(=O)NCCCC(=O)OCCOC(=O)C(=C)C.C=CC(=O)OCC(C)(COC(=O)C=C)CC(=O)OCCOC(=O)C(=C)C.C=CC(=O)OCCCC(=O)OCCOC(=O)C(=C)C. The van der Waals surface area contributed by atoms with Gasteiger partial charge in [0.25, 0.3) is 0 Å². The molecule has 0 spiro atoms. The number of nitrogens with one attached hydrogen (secondary N) is 2. The van der Waals surface area contributed by atoms with Crippen molar-refractivity contribution in [1.29, 1.82) is 0 Å². The van der Waals surface area contributed by atoms with Gasteiger partial charge in [0.2, 0.25) is 5.91 Å². The molecule has 0 aromatic rings. The van der Waals surface area contributed by atoms with E-state index < -0.39 is 143 Å². The van der Waals surface area contributed by atoms with Gasteiger partial charge in [-0.15, -0.1) is 0 Å². The quantitative estimate of drug-likeness (QED) is 0.0222. The maximum atomic E-state index is 12.0.